The molecule has 20 heavy (non-hydrogen) atoms. The highest BCUT2D eigenvalue weighted by atomic mass is 127. The van der Waals surface area contributed by atoms with E-state index in [4.69, 9.17) is 0 Å². The smallest absolute Gasteiger partial charge is 0.240 e. The first-order valence-corrected chi connectivity index (χ1v) is 8.70. The van der Waals surface area contributed by atoms with E-state index in [1.165, 1.54) is 6.21 Å². The minimum absolute atomic E-state index is 0.0860. The van der Waals surface area contributed by atoms with Crippen LogP contribution in [0.2, 0.25) is 0 Å². The van der Waals surface area contributed by atoms with Crippen LogP contribution < -0.4 is 5.43 Å². The number of hydrogen-bond donors (Lipinski definition) is 2. The van der Waals surface area contributed by atoms with Crippen LogP contribution in [0.5, 0.6) is 5.75 Å². The third kappa shape index (κ3) is 6.38. The lowest BCUT2D eigenvalue weighted by Crippen LogP contribution is -2.16. The molecule has 0 aliphatic carbocycles. The third-order valence-electron chi connectivity index (χ3n) is 2.71. The molecule has 0 aromatic heterocycles. The number of amides is 1. The Labute approximate surface area is 146 Å². The van der Waals surface area contributed by atoms with Crippen molar-refractivity contribution in [2.24, 2.45) is 5.10 Å². The van der Waals surface area contributed by atoms with E-state index >= 15 is 0 Å². The van der Waals surface area contributed by atoms with Crippen LogP contribution in [-0.4, -0.2) is 17.2 Å². The van der Waals surface area contributed by atoms with Crippen LogP contribution >= 0.6 is 45.2 Å². The molecule has 0 spiro atoms. The Kier molecular flexibility index (Phi) is 8.43. The van der Waals surface area contributed by atoms with Gasteiger partial charge in [0, 0.05) is 15.6 Å². The van der Waals surface area contributed by atoms with Crippen LogP contribution in [0.1, 0.15) is 44.6 Å². The molecule has 0 aliphatic heterocycles. The third-order valence-corrected chi connectivity index (χ3v) is 4.15. The van der Waals surface area contributed by atoms with Crippen molar-refractivity contribution in [3.63, 3.8) is 0 Å². The highest BCUT2D eigenvalue weighted by molar-refractivity contribution is 14.1. The van der Waals surface area contributed by atoms with Crippen molar-refractivity contribution in [2.45, 2.75) is 39.0 Å². The molecule has 1 amide bonds. The molecule has 0 aliphatic rings. The van der Waals surface area contributed by atoms with Crippen LogP contribution in [0.15, 0.2) is 17.2 Å². The minimum Gasteiger partial charge on any atom is -0.506 e. The molecule has 0 heterocycles. The Hall–Kier alpha value is -0.380. The first-order valence-electron chi connectivity index (χ1n) is 6.54. The van der Waals surface area contributed by atoms with Gasteiger partial charge in [0.25, 0.3) is 0 Å². The summed E-state index contributed by atoms with van der Waals surface area (Å²) in [5.74, 6) is 0.101. The van der Waals surface area contributed by atoms with E-state index < -0.39 is 0 Å². The number of nitrogens with zero attached hydrogens (tertiary/aromatic N) is 1. The number of benzene rings is 1. The van der Waals surface area contributed by atoms with Gasteiger partial charge in [-0.05, 0) is 63.7 Å². The zero-order valence-electron chi connectivity index (χ0n) is 11.3. The number of hydrazone groups is 1. The van der Waals surface area contributed by atoms with Crippen molar-refractivity contribution in [2.75, 3.05) is 0 Å². The maximum Gasteiger partial charge on any atom is 0.240 e. The summed E-state index contributed by atoms with van der Waals surface area (Å²) in [6, 6.07) is 3.69. The molecule has 1 rings (SSSR count). The van der Waals surface area contributed by atoms with Crippen molar-refractivity contribution in [1.29, 1.82) is 0 Å². The van der Waals surface area contributed by atoms with Gasteiger partial charge >= 0.3 is 0 Å². The number of phenols is 1. The molecule has 0 unspecified atom stereocenters. The number of carbonyl (C=O) groups excluding carboxylic acids is 1. The average molecular weight is 500 g/mol. The van der Waals surface area contributed by atoms with E-state index in [0.717, 1.165) is 32.8 Å². The van der Waals surface area contributed by atoms with Crippen molar-refractivity contribution >= 4 is 57.3 Å². The SMILES string of the molecule is CCCCCCC(=O)NN=Cc1cc(I)cc(I)c1O. The number of carbonyl (C=O) groups is 1. The van der Waals surface area contributed by atoms with Gasteiger partial charge in [0.1, 0.15) is 5.75 Å². The second-order valence-corrected chi connectivity index (χ2v) is 6.84. The molecular formula is C14H18I2N2O2. The fourth-order valence-electron chi connectivity index (χ4n) is 1.63. The zero-order valence-corrected chi connectivity index (χ0v) is 15.6. The summed E-state index contributed by atoms with van der Waals surface area (Å²) in [6.45, 7) is 2.14. The van der Waals surface area contributed by atoms with Crippen molar-refractivity contribution < 1.29 is 9.90 Å². The van der Waals surface area contributed by atoms with E-state index in [1.54, 1.807) is 0 Å². The highest BCUT2D eigenvalue weighted by Crippen LogP contribution is 2.25. The second-order valence-electron chi connectivity index (χ2n) is 4.43. The number of unbranched alkanes of at least 4 members (excludes halogenated alkanes) is 3. The van der Waals surface area contributed by atoms with E-state index in [0.29, 0.717) is 12.0 Å². The van der Waals surface area contributed by atoms with Gasteiger partial charge in [-0.3, -0.25) is 4.79 Å². The van der Waals surface area contributed by atoms with E-state index in [9.17, 15) is 9.90 Å². The Morgan fingerprint density at radius 1 is 1.35 bits per heavy atom. The number of halogens is 2. The number of hydrogen-bond acceptors (Lipinski definition) is 3. The van der Waals surface area contributed by atoms with E-state index in [2.05, 4.69) is 62.6 Å². The lowest BCUT2D eigenvalue weighted by atomic mass is 10.1. The molecule has 0 radical (unpaired) electrons. The number of phenolic OH excluding ortho intramolecular Hbond substituents is 1. The van der Waals surface area contributed by atoms with Crippen LogP contribution in [0.25, 0.3) is 0 Å². The second kappa shape index (κ2) is 9.54. The Bertz CT molecular complexity index is 490. The maximum atomic E-state index is 11.5. The van der Waals surface area contributed by atoms with Gasteiger partial charge in [-0.25, -0.2) is 5.43 Å². The average Bonchev–Trinajstić information content (AvgIpc) is 2.40. The minimum atomic E-state index is -0.0860. The molecule has 0 atom stereocenters. The topological polar surface area (TPSA) is 61.7 Å². The molecule has 2 N–H and O–H groups in total. The molecule has 1 aromatic carbocycles. The molecule has 0 saturated heterocycles. The van der Waals surface area contributed by atoms with Crippen molar-refractivity contribution in [3.8, 4) is 5.75 Å². The Morgan fingerprint density at radius 3 is 2.80 bits per heavy atom. The van der Waals surface area contributed by atoms with Gasteiger partial charge < -0.3 is 5.11 Å². The van der Waals surface area contributed by atoms with Gasteiger partial charge in [-0.1, -0.05) is 26.2 Å². The van der Waals surface area contributed by atoms with E-state index in [1.807, 2.05) is 12.1 Å². The van der Waals surface area contributed by atoms with Crippen LogP contribution in [0, 0.1) is 7.14 Å². The largest absolute Gasteiger partial charge is 0.506 e. The standard InChI is InChI=1S/C14H18I2N2O2/c1-2-3-4-5-6-13(19)18-17-9-10-7-11(15)8-12(16)14(10)20/h7-9,20H,2-6H2,1H3,(H,18,19). The lowest BCUT2D eigenvalue weighted by molar-refractivity contribution is -0.121. The maximum absolute atomic E-state index is 11.5. The first kappa shape index (κ1) is 17.7. The van der Waals surface area contributed by atoms with Crippen molar-refractivity contribution in [1.82, 2.24) is 5.43 Å². The molecule has 4 nitrogen and oxygen atoms in total. The van der Waals surface area contributed by atoms with Gasteiger partial charge in [0.15, 0.2) is 0 Å². The zero-order chi connectivity index (χ0) is 15.0. The normalized spacial score (nSPS) is 10.9. The Balaban J connectivity index is 2.47. The summed E-state index contributed by atoms with van der Waals surface area (Å²) in [7, 11) is 0. The predicted molar refractivity (Wildman–Crippen MR) is 98.0 cm³/mol. The molecule has 0 bridgehead atoms. The summed E-state index contributed by atoms with van der Waals surface area (Å²) < 4.78 is 1.78. The predicted octanol–water partition coefficient (Wildman–Crippen LogP) is 4.02. The van der Waals surface area contributed by atoms with Crippen LogP contribution in [0.4, 0.5) is 0 Å². The number of nitrogens with one attached hydrogen (secondary N) is 1. The highest BCUT2D eigenvalue weighted by Gasteiger charge is 2.05. The van der Waals surface area contributed by atoms with Gasteiger partial charge in [-0.2, -0.15) is 5.10 Å². The van der Waals surface area contributed by atoms with E-state index in [-0.39, 0.29) is 11.7 Å². The quantitative estimate of drug-likeness (QED) is 0.257. The lowest BCUT2D eigenvalue weighted by Gasteiger charge is -2.03. The van der Waals surface area contributed by atoms with Crippen LogP contribution in [-0.2, 0) is 4.79 Å². The summed E-state index contributed by atoms with van der Waals surface area (Å²) in [6.07, 6.45) is 6.25. The summed E-state index contributed by atoms with van der Waals surface area (Å²) >= 11 is 4.24. The summed E-state index contributed by atoms with van der Waals surface area (Å²) in [5.41, 5.74) is 3.09. The number of aromatic hydroxyl groups is 1. The van der Waals surface area contributed by atoms with Gasteiger partial charge in [0.05, 0.1) is 9.78 Å². The molecule has 0 saturated carbocycles. The fourth-order valence-corrected chi connectivity index (χ4v) is 3.52. The van der Waals surface area contributed by atoms with Gasteiger partial charge in [0.2, 0.25) is 5.91 Å². The molecule has 1 aromatic rings. The molecule has 6 heteroatoms. The molecule has 110 valence electrons. The van der Waals surface area contributed by atoms with Crippen LogP contribution in [0.3, 0.4) is 0 Å². The van der Waals surface area contributed by atoms with Gasteiger partial charge in [-0.15, -0.1) is 0 Å². The van der Waals surface area contributed by atoms with Crippen molar-refractivity contribution in [3.05, 3.63) is 24.8 Å². The summed E-state index contributed by atoms with van der Waals surface area (Å²) in [4.78, 5) is 11.5. The number of rotatable bonds is 7. The fraction of sp³-hybridized carbons (Fsp3) is 0.429. The Morgan fingerprint density at radius 2 is 2.10 bits per heavy atom. The first-order chi connectivity index (χ1) is 9.54. The summed E-state index contributed by atoms with van der Waals surface area (Å²) in [5, 5.41) is 13.8. The monoisotopic (exact) mass is 500 g/mol. The molecule has 0 fully saturated rings. The molecular weight excluding hydrogens is 482 g/mol.